The van der Waals surface area contributed by atoms with Gasteiger partial charge in [-0.25, -0.2) is 8.42 Å². The highest BCUT2D eigenvalue weighted by Crippen LogP contribution is 2.22. The van der Waals surface area contributed by atoms with Gasteiger partial charge in [0, 0.05) is 34.7 Å². The van der Waals surface area contributed by atoms with Crippen molar-refractivity contribution in [3.63, 3.8) is 0 Å². The Bertz CT molecular complexity index is 724. The number of rotatable bonds is 3. The Morgan fingerprint density at radius 2 is 2.25 bits per heavy atom. The number of sulfone groups is 1. The summed E-state index contributed by atoms with van der Waals surface area (Å²) in [6.45, 7) is 0.668. The van der Waals surface area contributed by atoms with E-state index in [1.54, 1.807) is 0 Å². The van der Waals surface area contributed by atoms with Gasteiger partial charge in [-0.2, -0.15) is 0 Å². The van der Waals surface area contributed by atoms with Crippen molar-refractivity contribution in [2.24, 2.45) is 0 Å². The van der Waals surface area contributed by atoms with Crippen LogP contribution in [0.2, 0.25) is 5.02 Å². The highest BCUT2D eigenvalue weighted by molar-refractivity contribution is 7.91. The molecule has 1 saturated heterocycles. The molecule has 1 aromatic carbocycles. The number of aromatic amines is 1. The average Bonchev–Trinajstić information content (AvgIpc) is 2.77. The topological polar surface area (TPSA) is 62.0 Å². The van der Waals surface area contributed by atoms with Gasteiger partial charge in [0.15, 0.2) is 9.84 Å². The number of halogens is 1. The van der Waals surface area contributed by atoms with Crippen LogP contribution in [0.5, 0.6) is 0 Å². The zero-order valence-electron chi connectivity index (χ0n) is 11.0. The predicted molar refractivity (Wildman–Crippen MR) is 81.8 cm³/mol. The summed E-state index contributed by atoms with van der Waals surface area (Å²) in [5, 5.41) is 5.19. The van der Waals surface area contributed by atoms with Crippen LogP contribution >= 0.6 is 11.6 Å². The largest absolute Gasteiger partial charge is 0.361 e. The highest BCUT2D eigenvalue weighted by atomic mass is 35.5. The third-order valence-corrected chi connectivity index (χ3v) is 5.83. The second-order valence-electron chi connectivity index (χ2n) is 5.34. The predicted octanol–water partition coefficient (Wildman–Crippen LogP) is 2.49. The van der Waals surface area contributed by atoms with Crippen molar-refractivity contribution in [2.45, 2.75) is 25.4 Å². The van der Waals surface area contributed by atoms with E-state index in [-0.39, 0.29) is 11.8 Å². The molecule has 4 nitrogen and oxygen atoms in total. The maximum Gasteiger partial charge on any atom is 0.151 e. The molecule has 20 heavy (non-hydrogen) atoms. The Labute approximate surface area is 123 Å². The van der Waals surface area contributed by atoms with Crippen molar-refractivity contribution < 1.29 is 8.42 Å². The summed E-state index contributed by atoms with van der Waals surface area (Å²) in [6, 6.07) is 5.81. The first-order valence-electron chi connectivity index (χ1n) is 6.73. The minimum atomic E-state index is -2.86. The van der Waals surface area contributed by atoms with E-state index in [2.05, 4.69) is 10.3 Å². The summed E-state index contributed by atoms with van der Waals surface area (Å²) in [7, 11) is -2.86. The van der Waals surface area contributed by atoms with Gasteiger partial charge in [-0.1, -0.05) is 17.7 Å². The molecule has 0 saturated carbocycles. The molecule has 2 aromatic rings. The Hall–Kier alpha value is -1.04. The molecule has 1 aliphatic heterocycles. The van der Waals surface area contributed by atoms with Gasteiger partial charge in [-0.3, -0.25) is 0 Å². The van der Waals surface area contributed by atoms with E-state index >= 15 is 0 Å². The lowest BCUT2D eigenvalue weighted by molar-refractivity contribution is 0.481. The first-order valence-corrected chi connectivity index (χ1v) is 8.93. The lowest BCUT2D eigenvalue weighted by atomic mass is 10.1. The van der Waals surface area contributed by atoms with Gasteiger partial charge in [0.05, 0.1) is 11.5 Å². The maximum atomic E-state index is 11.6. The molecule has 3 rings (SSSR count). The standard InChI is InChI=1S/C14H17ClN2O2S/c15-11-3-4-13-10(8-17-14(13)6-11)7-16-12-2-1-5-20(18,19)9-12/h3-4,6,8,12,16-17H,1-2,5,7,9H2. The van der Waals surface area contributed by atoms with Crippen molar-refractivity contribution in [1.82, 2.24) is 10.3 Å². The fourth-order valence-electron chi connectivity index (χ4n) is 2.74. The smallest absolute Gasteiger partial charge is 0.151 e. The second-order valence-corrected chi connectivity index (χ2v) is 8.00. The molecule has 6 heteroatoms. The number of fused-ring (bicyclic) bond motifs is 1. The Morgan fingerprint density at radius 3 is 3.05 bits per heavy atom. The maximum absolute atomic E-state index is 11.6. The second kappa shape index (κ2) is 5.39. The molecular formula is C14H17ClN2O2S. The van der Waals surface area contributed by atoms with E-state index in [9.17, 15) is 8.42 Å². The van der Waals surface area contributed by atoms with Crippen LogP contribution in [-0.2, 0) is 16.4 Å². The van der Waals surface area contributed by atoms with Gasteiger partial charge >= 0.3 is 0 Å². The van der Waals surface area contributed by atoms with Crippen LogP contribution in [0.25, 0.3) is 10.9 Å². The van der Waals surface area contributed by atoms with E-state index in [1.165, 1.54) is 0 Å². The summed E-state index contributed by atoms with van der Waals surface area (Å²) in [5.74, 6) is 0.581. The minimum Gasteiger partial charge on any atom is -0.361 e. The van der Waals surface area contributed by atoms with E-state index < -0.39 is 9.84 Å². The van der Waals surface area contributed by atoms with Crippen LogP contribution in [0.3, 0.4) is 0 Å². The lowest BCUT2D eigenvalue weighted by Crippen LogP contribution is -2.39. The van der Waals surface area contributed by atoms with Crippen LogP contribution in [0.1, 0.15) is 18.4 Å². The molecule has 0 aliphatic carbocycles. The van der Waals surface area contributed by atoms with Gasteiger partial charge in [0.25, 0.3) is 0 Å². The van der Waals surface area contributed by atoms with Gasteiger partial charge in [0.1, 0.15) is 0 Å². The first-order chi connectivity index (χ1) is 9.53. The molecule has 0 spiro atoms. The monoisotopic (exact) mass is 312 g/mol. The Morgan fingerprint density at radius 1 is 1.40 bits per heavy atom. The van der Waals surface area contributed by atoms with Crippen molar-refractivity contribution in [3.05, 3.63) is 35.0 Å². The minimum absolute atomic E-state index is 0.0611. The first kappa shape index (κ1) is 13.9. The molecular weight excluding hydrogens is 296 g/mol. The zero-order valence-corrected chi connectivity index (χ0v) is 12.6. The van der Waals surface area contributed by atoms with Gasteiger partial charge in [-0.15, -0.1) is 0 Å². The van der Waals surface area contributed by atoms with Crippen molar-refractivity contribution in [3.8, 4) is 0 Å². The molecule has 1 fully saturated rings. The number of hydrogen-bond donors (Lipinski definition) is 2. The third-order valence-electron chi connectivity index (χ3n) is 3.77. The Balaban J connectivity index is 1.71. The molecule has 1 aliphatic rings. The van der Waals surface area contributed by atoms with Crippen molar-refractivity contribution in [2.75, 3.05) is 11.5 Å². The molecule has 1 aromatic heterocycles. The van der Waals surface area contributed by atoms with Crippen molar-refractivity contribution in [1.29, 1.82) is 0 Å². The molecule has 0 amide bonds. The highest BCUT2D eigenvalue weighted by Gasteiger charge is 2.24. The molecule has 108 valence electrons. The van der Waals surface area contributed by atoms with E-state index in [4.69, 9.17) is 11.6 Å². The number of aromatic nitrogens is 1. The molecule has 1 atom stereocenters. The molecule has 0 radical (unpaired) electrons. The van der Waals surface area contributed by atoms with Gasteiger partial charge in [-0.05, 0) is 30.5 Å². The quantitative estimate of drug-likeness (QED) is 0.915. The number of benzene rings is 1. The van der Waals surface area contributed by atoms with Crippen LogP contribution in [0, 0.1) is 0 Å². The SMILES string of the molecule is O=S1(=O)CCCC(NCc2c[nH]c3cc(Cl)ccc23)C1. The van der Waals surface area contributed by atoms with Crippen LogP contribution < -0.4 is 5.32 Å². The van der Waals surface area contributed by atoms with E-state index in [1.807, 2.05) is 24.4 Å². The third kappa shape index (κ3) is 3.00. The molecule has 0 bridgehead atoms. The fraction of sp³-hybridized carbons (Fsp3) is 0.429. The van der Waals surface area contributed by atoms with E-state index in [0.29, 0.717) is 17.3 Å². The van der Waals surface area contributed by atoms with E-state index in [0.717, 1.165) is 29.3 Å². The normalized spacial score (nSPS) is 22.1. The van der Waals surface area contributed by atoms with Crippen LogP contribution in [0.4, 0.5) is 0 Å². The lowest BCUT2D eigenvalue weighted by Gasteiger charge is -2.22. The summed E-state index contributed by atoms with van der Waals surface area (Å²) in [4.78, 5) is 3.19. The summed E-state index contributed by atoms with van der Waals surface area (Å²) < 4.78 is 23.2. The summed E-state index contributed by atoms with van der Waals surface area (Å²) >= 11 is 5.96. The number of hydrogen-bond acceptors (Lipinski definition) is 3. The van der Waals surface area contributed by atoms with Gasteiger partial charge < -0.3 is 10.3 Å². The average molecular weight is 313 g/mol. The number of H-pyrrole nitrogens is 1. The molecule has 2 N–H and O–H groups in total. The van der Waals surface area contributed by atoms with Crippen LogP contribution in [-0.4, -0.2) is 30.9 Å². The molecule has 2 heterocycles. The number of nitrogens with one attached hydrogen (secondary N) is 2. The zero-order chi connectivity index (χ0) is 14.2. The van der Waals surface area contributed by atoms with Crippen molar-refractivity contribution >= 4 is 32.3 Å². The Kier molecular flexibility index (Phi) is 3.75. The molecule has 1 unspecified atom stereocenters. The van der Waals surface area contributed by atoms with Gasteiger partial charge in [0.2, 0.25) is 0 Å². The summed E-state index contributed by atoms with van der Waals surface area (Å²) in [6.07, 6.45) is 3.63. The summed E-state index contributed by atoms with van der Waals surface area (Å²) in [5.41, 5.74) is 2.14. The van der Waals surface area contributed by atoms with Crippen LogP contribution in [0.15, 0.2) is 24.4 Å². The fourth-order valence-corrected chi connectivity index (χ4v) is 4.59.